The molecule has 6 heteroatoms. The summed E-state index contributed by atoms with van der Waals surface area (Å²) in [5.74, 6) is 0. The van der Waals surface area contributed by atoms with Crippen molar-refractivity contribution in [2.24, 2.45) is 0 Å². The van der Waals surface area contributed by atoms with Crippen LogP contribution in [0.2, 0.25) is 10.0 Å². The maximum absolute atomic E-state index is 6.20. The molecule has 0 radical (unpaired) electrons. The van der Waals surface area contributed by atoms with E-state index in [1.165, 1.54) is 16.8 Å². The van der Waals surface area contributed by atoms with Crippen LogP contribution in [-0.2, 0) is 11.2 Å². The van der Waals surface area contributed by atoms with Gasteiger partial charge in [-0.15, -0.1) is 0 Å². The minimum Gasteiger partial charge on any atom is -0.373 e. The summed E-state index contributed by atoms with van der Waals surface area (Å²) < 4.78 is 7.84. The van der Waals surface area contributed by atoms with Crippen LogP contribution in [0, 0.1) is 0 Å². The summed E-state index contributed by atoms with van der Waals surface area (Å²) in [7, 11) is 0. The Morgan fingerprint density at radius 2 is 1.93 bits per heavy atom. The molecule has 1 aliphatic carbocycles. The number of rotatable bonds is 3. The first-order valence-corrected chi connectivity index (χ1v) is 10.4. The monoisotopic (exact) mass is 405 g/mol. The van der Waals surface area contributed by atoms with Crippen molar-refractivity contribution >= 4 is 28.8 Å². The summed E-state index contributed by atoms with van der Waals surface area (Å²) in [6, 6.07) is 5.68. The smallest absolute Gasteiger partial charge is 0.0678 e. The highest BCUT2D eigenvalue weighted by atomic mass is 35.5. The van der Waals surface area contributed by atoms with Crippen molar-refractivity contribution in [3.8, 4) is 5.69 Å². The number of morpholine rings is 1. The van der Waals surface area contributed by atoms with Gasteiger partial charge in [0.25, 0.3) is 0 Å². The zero-order chi connectivity index (χ0) is 19.0. The van der Waals surface area contributed by atoms with E-state index in [1.807, 2.05) is 29.1 Å². The van der Waals surface area contributed by atoms with Crippen LogP contribution in [0.1, 0.15) is 37.9 Å². The van der Waals surface area contributed by atoms with E-state index in [1.54, 1.807) is 0 Å². The summed E-state index contributed by atoms with van der Waals surface area (Å²) in [5.41, 5.74) is 4.88. The molecule has 2 aliphatic rings. The first kappa shape index (κ1) is 19.0. The molecule has 4 rings (SSSR count). The lowest BCUT2D eigenvalue weighted by atomic mass is 9.92. The second-order valence-corrected chi connectivity index (χ2v) is 8.39. The second-order valence-electron chi connectivity index (χ2n) is 7.57. The molecule has 1 aliphatic heterocycles. The normalized spacial score (nSPS) is 25.0. The molecular formula is C21H25Cl2N3O. The predicted molar refractivity (Wildman–Crippen MR) is 111 cm³/mol. The van der Waals surface area contributed by atoms with E-state index < -0.39 is 0 Å². The first-order chi connectivity index (χ1) is 13.0. The van der Waals surface area contributed by atoms with Gasteiger partial charge >= 0.3 is 0 Å². The molecule has 1 aromatic heterocycles. The molecule has 144 valence electrons. The van der Waals surface area contributed by atoms with Crippen LogP contribution in [0.5, 0.6) is 0 Å². The van der Waals surface area contributed by atoms with Gasteiger partial charge in [-0.3, -0.25) is 4.90 Å². The lowest BCUT2D eigenvalue weighted by Crippen LogP contribution is -2.45. The van der Waals surface area contributed by atoms with Crippen molar-refractivity contribution in [2.75, 3.05) is 19.6 Å². The van der Waals surface area contributed by atoms with Crippen LogP contribution >= 0.6 is 23.2 Å². The Hall–Kier alpha value is -1.33. The van der Waals surface area contributed by atoms with Gasteiger partial charge in [0.2, 0.25) is 0 Å². The molecule has 2 aromatic rings. The minimum atomic E-state index is 0.298. The van der Waals surface area contributed by atoms with Gasteiger partial charge in [-0.25, -0.2) is 4.68 Å². The molecule has 2 atom stereocenters. The fourth-order valence-electron chi connectivity index (χ4n) is 4.19. The Labute approximate surface area is 170 Å². The summed E-state index contributed by atoms with van der Waals surface area (Å²) >= 11 is 12.3. The zero-order valence-corrected chi connectivity index (χ0v) is 17.3. The van der Waals surface area contributed by atoms with Crippen molar-refractivity contribution in [3.05, 3.63) is 51.8 Å². The van der Waals surface area contributed by atoms with Crippen molar-refractivity contribution in [3.63, 3.8) is 0 Å². The molecule has 0 amide bonds. The Bertz CT molecular complexity index is 851. The van der Waals surface area contributed by atoms with Crippen molar-refractivity contribution in [1.29, 1.82) is 0 Å². The van der Waals surface area contributed by atoms with Crippen LogP contribution in [-0.4, -0.2) is 46.5 Å². The molecule has 0 saturated carbocycles. The molecule has 0 spiro atoms. The molecule has 1 saturated heterocycles. The molecular weight excluding hydrogens is 381 g/mol. The van der Waals surface area contributed by atoms with E-state index in [4.69, 9.17) is 27.9 Å². The Kier molecular flexibility index (Phi) is 5.60. The lowest BCUT2D eigenvalue weighted by Gasteiger charge is -2.34. The van der Waals surface area contributed by atoms with Crippen molar-refractivity contribution in [1.82, 2.24) is 14.7 Å². The van der Waals surface area contributed by atoms with Gasteiger partial charge in [-0.1, -0.05) is 29.3 Å². The highest BCUT2D eigenvalue weighted by molar-refractivity contribution is 6.42. The van der Waals surface area contributed by atoms with E-state index in [0.717, 1.165) is 44.6 Å². The predicted octanol–water partition coefficient (Wildman–Crippen LogP) is 5.01. The van der Waals surface area contributed by atoms with Crippen LogP contribution < -0.4 is 0 Å². The fourth-order valence-corrected chi connectivity index (χ4v) is 4.48. The zero-order valence-electron chi connectivity index (χ0n) is 15.8. The first-order valence-electron chi connectivity index (χ1n) is 9.61. The minimum absolute atomic E-state index is 0.298. The topological polar surface area (TPSA) is 30.3 Å². The van der Waals surface area contributed by atoms with Gasteiger partial charge in [0.05, 0.1) is 39.8 Å². The average Bonchev–Trinajstić information content (AvgIpc) is 3.06. The second kappa shape index (κ2) is 7.96. The number of hydrogen-bond acceptors (Lipinski definition) is 3. The van der Waals surface area contributed by atoms with E-state index in [2.05, 4.69) is 29.9 Å². The quantitative estimate of drug-likeness (QED) is 0.718. The van der Waals surface area contributed by atoms with Gasteiger partial charge in [0.1, 0.15) is 0 Å². The van der Waals surface area contributed by atoms with Gasteiger partial charge in [-0.05, 0) is 56.9 Å². The summed E-state index contributed by atoms with van der Waals surface area (Å²) in [6.07, 6.45) is 8.24. The van der Waals surface area contributed by atoms with Crippen LogP contribution in [0.25, 0.3) is 11.3 Å². The average molecular weight is 406 g/mol. The largest absolute Gasteiger partial charge is 0.373 e. The van der Waals surface area contributed by atoms with E-state index in [9.17, 15) is 0 Å². The van der Waals surface area contributed by atoms with Crippen LogP contribution in [0.15, 0.2) is 30.5 Å². The highest BCUT2D eigenvalue weighted by Crippen LogP contribution is 2.33. The molecule has 27 heavy (non-hydrogen) atoms. The molecule has 0 bridgehead atoms. The van der Waals surface area contributed by atoms with E-state index in [-0.39, 0.29) is 0 Å². The van der Waals surface area contributed by atoms with Crippen molar-refractivity contribution < 1.29 is 4.74 Å². The van der Waals surface area contributed by atoms with Crippen LogP contribution in [0.4, 0.5) is 0 Å². The Morgan fingerprint density at radius 1 is 1.15 bits per heavy atom. The molecule has 0 N–H and O–H groups in total. The Morgan fingerprint density at radius 3 is 2.67 bits per heavy atom. The number of benzene rings is 1. The van der Waals surface area contributed by atoms with Gasteiger partial charge in [0.15, 0.2) is 0 Å². The molecule has 1 fully saturated rings. The number of nitrogens with zero attached hydrogens (tertiary/aromatic N) is 3. The number of allylic oxidation sites excluding steroid dienone is 1. The third-order valence-electron chi connectivity index (χ3n) is 5.31. The Balaban J connectivity index is 1.57. The number of halogens is 2. The number of aromatic nitrogens is 2. The summed E-state index contributed by atoms with van der Waals surface area (Å²) in [5, 5.41) is 5.77. The number of fused-ring (bicyclic) bond motifs is 1. The summed E-state index contributed by atoms with van der Waals surface area (Å²) in [6.45, 7) is 7.24. The third kappa shape index (κ3) is 4.09. The van der Waals surface area contributed by atoms with Gasteiger partial charge in [-0.2, -0.15) is 5.10 Å². The van der Waals surface area contributed by atoms with Gasteiger partial charge < -0.3 is 4.74 Å². The van der Waals surface area contributed by atoms with Crippen molar-refractivity contribution in [2.45, 2.75) is 45.3 Å². The number of hydrogen-bond donors (Lipinski definition) is 0. The molecule has 4 nitrogen and oxygen atoms in total. The maximum Gasteiger partial charge on any atom is 0.0678 e. The summed E-state index contributed by atoms with van der Waals surface area (Å²) in [4.78, 5) is 2.48. The molecule has 2 heterocycles. The van der Waals surface area contributed by atoms with E-state index in [0.29, 0.717) is 22.3 Å². The number of ether oxygens (including phenoxy) is 1. The highest BCUT2D eigenvalue weighted by Gasteiger charge is 2.23. The molecule has 1 aromatic carbocycles. The molecule has 2 unspecified atom stereocenters. The van der Waals surface area contributed by atoms with E-state index >= 15 is 0 Å². The SMILES string of the molecule is CC1CN(C/C=C2/CCCc3c2cnn3-c2ccc(Cl)c(Cl)c2)CC(C)O1. The maximum atomic E-state index is 6.20. The van der Waals surface area contributed by atoms with Crippen LogP contribution in [0.3, 0.4) is 0 Å². The lowest BCUT2D eigenvalue weighted by molar-refractivity contribution is -0.0646. The third-order valence-corrected chi connectivity index (χ3v) is 6.05. The fraction of sp³-hybridized carbons (Fsp3) is 0.476. The standard InChI is InChI=1S/C21H25Cl2N3O/c1-14-12-25(13-15(2)27-14)9-8-16-4-3-5-21-18(16)11-24-26(21)17-6-7-19(22)20(23)10-17/h6-8,10-11,14-15H,3-5,9,12-13H2,1-2H3/b16-8-. The van der Waals surface area contributed by atoms with Gasteiger partial charge in [0, 0.05) is 25.2 Å².